The Hall–Kier alpha value is -4.25. The van der Waals surface area contributed by atoms with E-state index in [2.05, 4.69) is 21.7 Å². The summed E-state index contributed by atoms with van der Waals surface area (Å²) >= 11 is 1.62. The summed E-state index contributed by atoms with van der Waals surface area (Å²) < 4.78 is 16.8. The fourth-order valence-electron chi connectivity index (χ4n) is 5.40. The van der Waals surface area contributed by atoms with Gasteiger partial charge in [-0.3, -0.25) is 4.79 Å². The zero-order valence-electron chi connectivity index (χ0n) is 23.6. The molecule has 0 unspecified atom stereocenters. The van der Waals surface area contributed by atoms with Gasteiger partial charge in [0.15, 0.2) is 5.69 Å². The van der Waals surface area contributed by atoms with Crippen molar-refractivity contribution in [1.82, 2.24) is 4.98 Å². The topological polar surface area (TPSA) is 116 Å². The molecule has 0 saturated carbocycles. The number of anilines is 2. The summed E-state index contributed by atoms with van der Waals surface area (Å²) in [6.45, 7) is 5.35. The third kappa shape index (κ3) is 5.36. The first-order valence-electron chi connectivity index (χ1n) is 13.9. The molecule has 4 heterocycles. The van der Waals surface area contributed by atoms with Crippen LogP contribution in [0.25, 0.3) is 21.6 Å². The number of amides is 1. The molecule has 0 atom stereocenters. The number of benzene rings is 2. The monoisotopic (exact) mass is 584 g/mol. The molecule has 0 bridgehead atoms. The largest absolute Gasteiger partial charge is 0.493 e. The van der Waals surface area contributed by atoms with Gasteiger partial charge < -0.3 is 30.2 Å². The number of hydrogen-bond acceptors (Lipinski definition) is 9. The Morgan fingerprint density at radius 3 is 2.64 bits per heavy atom. The van der Waals surface area contributed by atoms with Crippen LogP contribution in [0.4, 0.5) is 11.5 Å². The van der Waals surface area contributed by atoms with E-state index in [9.17, 15) is 9.59 Å². The molecule has 6 rings (SSSR count). The Bertz CT molecular complexity index is 1660. The molecule has 2 aromatic carbocycles. The number of nitrogens with two attached hydrogens (primary N) is 1. The summed E-state index contributed by atoms with van der Waals surface area (Å²) in [4.78, 5) is 35.1. The van der Waals surface area contributed by atoms with Crippen molar-refractivity contribution in [1.29, 1.82) is 0 Å². The van der Waals surface area contributed by atoms with Crippen LogP contribution >= 0.6 is 11.3 Å². The number of carbonyl (C=O) groups excluding carboxylic acids is 2. The number of esters is 1. The number of carbonyl (C=O) groups is 2. The molecule has 3 N–H and O–H groups in total. The number of morpholine rings is 1. The van der Waals surface area contributed by atoms with Crippen LogP contribution in [0, 0.1) is 6.92 Å². The van der Waals surface area contributed by atoms with Crippen LogP contribution in [0.2, 0.25) is 0 Å². The van der Waals surface area contributed by atoms with Crippen molar-refractivity contribution in [3.05, 3.63) is 81.9 Å². The van der Waals surface area contributed by atoms with Crippen LogP contribution in [0.3, 0.4) is 0 Å². The van der Waals surface area contributed by atoms with E-state index in [1.54, 1.807) is 11.3 Å². The SMILES string of the molecule is COC(=O)c1nc(N2CCOCC2)ccc1-c1cc2c(cc1C(=O)Nc1ccc(CN)cc1C)-c1sccc1CCO2. The molecule has 10 heteroatoms. The van der Waals surface area contributed by atoms with Gasteiger partial charge in [0.2, 0.25) is 0 Å². The number of aromatic nitrogens is 1. The average Bonchev–Trinajstić information content (AvgIpc) is 3.42. The molecule has 1 saturated heterocycles. The predicted octanol–water partition coefficient (Wildman–Crippen LogP) is 5.05. The molecule has 2 aromatic heterocycles. The molecule has 2 aliphatic rings. The average molecular weight is 585 g/mol. The van der Waals surface area contributed by atoms with Crippen LogP contribution in [0.1, 0.15) is 37.5 Å². The molecule has 4 aromatic rings. The maximum atomic E-state index is 14.1. The van der Waals surface area contributed by atoms with Crippen molar-refractivity contribution in [3.63, 3.8) is 0 Å². The summed E-state index contributed by atoms with van der Waals surface area (Å²) in [5, 5.41) is 5.13. The summed E-state index contributed by atoms with van der Waals surface area (Å²) in [5.41, 5.74) is 11.9. The number of methoxy groups -OCH3 is 1. The molecule has 1 amide bonds. The minimum Gasteiger partial charge on any atom is -0.493 e. The number of rotatable bonds is 6. The zero-order chi connectivity index (χ0) is 29.2. The van der Waals surface area contributed by atoms with E-state index < -0.39 is 5.97 Å². The van der Waals surface area contributed by atoms with E-state index in [1.807, 2.05) is 49.4 Å². The lowest BCUT2D eigenvalue weighted by atomic mass is 9.93. The first kappa shape index (κ1) is 27.9. The van der Waals surface area contributed by atoms with Crippen molar-refractivity contribution in [3.8, 4) is 27.3 Å². The first-order valence-corrected chi connectivity index (χ1v) is 14.8. The summed E-state index contributed by atoms with van der Waals surface area (Å²) in [6.07, 6.45) is 0.764. The number of pyridine rings is 1. The summed E-state index contributed by atoms with van der Waals surface area (Å²) in [5.74, 6) is 0.403. The highest BCUT2D eigenvalue weighted by Gasteiger charge is 2.27. The van der Waals surface area contributed by atoms with Gasteiger partial charge in [0.05, 0.1) is 26.9 Å². The minimum atomic E-state index is -0.587. The van der Waals surface area contributed by atoms with Crippen molar-refractivity contribution >= 4 is 34.7 Å². The Morgan fingerprint density at radius 2 is 1.88 bits per heavy atom. The van der Waals surface area contributed by atoms with Crippen LogP contribution < -0.4 is 20.7 Å². The molecule has 2 aliphatic heterocycles. The van der Waals surface area contributed by atoms with Gasteiger partial charge >= 0.3 is 5.97 Å². The second kappa shape index (κ2) is 11.9. The molecule has 216 valence electrons. The maximum absolute atomic E-state index is 14.1. The quantitative estimate of drug-likeness (QED) is 0.303. The lowest BCUT2D eigenvalue weighted by molar-refractivity contribution is 0.0594. The molecule has 1 fully saturated rings. The lowest BCUT2D eigenvalue weighted by Crippen LogP contribution is -2.37. The fourth-order valence-corrected chi connectivity index (χ4v) is 6.37. The van der Waals surface area contributed by atoms with E-state index in [-0.39, 0.29) is 11.6 Å². The van der Waals surface area contributed by atoms with E-state index in [4.69, 9.17) is 24.9 Å². The van der Waals surface area contributed by atoms with Crippen LogP contribution in [-0.4, -0.2) is 56.9 Å². The normalized spacial score (nSPS) is 14.3. The molecule has 0 spiro atoms. The molecular weight excluding hydrogens is 552 g/mol. The van der Waals surface area contributed by atoms with Gasteiger partial charge in [0, 0.05) is 58.9 Å². The molecule has 42 heavy (non-hydrogen) atoms. The van der Waals surface area contributed by atoms with E-state index in [0.29, 0.717) is 73.4 Å². The summed E-state index contributed by atoms with van der Waals surface area (Å²) in [6, 6.07) is 15.2. The Balaban J connectivity index is 1.51. The number of nitrogens with zero attached hydrogens (tertiary/aromatic N) is 2. The molecule has 0 radical (unpaired) electrons. The fraction of sp³-hybridized carbons (Fsp3) is 0.281. The van der Waals surface area contributed by atoms with Gasteiger partial charge in [-0.15, -0.1) is 11.3 Å². The van der Waals surface area contributed by atoms with Gasteiger partial charge in [-0.2, -0.15) is 0 Å². The number of aryl methyl sites for hydroxylation is 1. The first-order chi connectivity index (χ1) is 20.5. The van der Waals surface area contributed by atoms with E-state index in [0.717, 1.165) is 28.0 Å². The Morgan fingerprint density at radius 1 is 1.05 bits per heavy atom. The van der Waals surface area contributed by atoms with E-state index in [1.165, 1.54) is 12.7 Å². The Kier molecular flexibility index (Phi) is 7.92. The van der Waals surface area contributed by atoms with Gasteiger partial charge in [-0.05, 0) is 65.4 Å². The molecule has 9 nitrogen and oxygen atoms in total. The highest BCUT2D eigenvalue weighted by Crippen LogP contribution is 2.43. The predicted molar refractivity (Wildman–Crippen MR) is 164 cm³/mol. The highest BCUT2D eigenvalue weighted by molar-refractivity contribution is 7.13. The molecule has 0 aliphatic carbocycles. The second-order valence-corrected chi connectivity index (χ2v) is 11.1. The van der Waals surface area contributed by atoms with Gasteiger partial charge in [-0.1, -0.05) is 12.1 Å². The van der Waals surface area contributed by atoms with Gasteiger partial charge in [-0.25, -0.2) is 9.78 Å². The number of nitrogens with one attached hydrogen (secondary N) is 1. The van der Waals surface area contributed by atoms with Crippen molar-refractivity contribution < 1.29 is 23.8 Å². The number of hydrogen-bond donors (Lipinski definition) is 2. The van der Waals surface area contributed by atoms with Crippen molar-refractivity contribution in [2.45, 2.75) is 19.9 Å². The highest BCUT2D eigenvalue weighted by atomic mass is 32.1. The second-order valence-electron chi connectivity index (χ2n) is 10.2. The van der Waals surface area contributed by atoms with Crippen LogP contribution in [0.5, 0.6) is 5.75 Å². The van der Waals surface area contributed by atoms with Crippen molar-refractivity contribution in [2.24, 2.45) is 5.73 Å². The lowest BCUT2D eigenvalue weighted by Gasteiger charge is -2.28. The number of ether oxygens (including phenoxy) is 3. The minimum absolute atomic E-state index is 0.129. The number of fused-ring (bicyclic) bond motifs is 3. The van der Waals surface area contributed by atoms with Gasteiger partial charge in [0.1, 0.15) is 11.6 Å². The Labute approximate surface area is 248 Å². The summed E-state index contributed by atoms with van der Waals surface area (Å²) in [7, 11) is 1.33. The van der Waals surface area contributed by atoms with Crippen LogP contribution in [-0.2, 0) is 22.4 Å². The number of thiophene rings is 1. The molecular formula is C32H32N4O5S. The van der Waals surface area contributed by atoms with E-state index >= 15 is 0 Å². The standard InChI is InChI=1S/C32H32N4O5S/c1-19-15-20(18-33)3-5-26(19)34-31(37)24-16-25-27(41-11-7-21-8-14-42-30(21)25)17-23(24)22-4-6-28(35-29(22)32(38)39-2)36-9-12-40-13-10-36/h3-6,8,14-17H,7,9-13,18,33H2,1-2H3,(H,34,37). The van der Waals surface area contributed by atoms with Crippen LogP contribution in [0.15, 0.2) is 53.9 Å². The van der Waals surface area contributed by atoms with Gasteiger partial charge in [0.25, 0.3) is 5.91 Å². The smallest absolute Gasteiger partial charge is 0.357 e. The van der Waals surface area contributed by atoms with Crippen molar-refractivity contribution in [2.75, 3.05) is 50.2 Å². The third-order valence-electron chi connectivity index (χ3n) is 7.64. The third-order valence-corrected chi connectivity index (χ3v) is 8.63. The maximum Gasteiger partial charge on any atom is 0.357 e. The zero-order valence-corrected chi connectivity index (χ0v) is 24.4.